The van der Waals surface area contributed by atoms with Crippen molar-refractivity contribution in [2.24, 2.45) is 0 Å². The maximum absolute atomic E-state index is 13.1. The minimum atomic E-state index is -0.411. The summed E-state index contributed by atoms with van der Waals surface area (Å²) in [4.78, 5) is 28.8. The molecule has 2 aromatic carbocycles. The molecule has 0 spiro atoms. The van der Waals surface area contributed by atoms with Gasteiger partial charge in [0, 0.05) is 35.1 Å². The molecule has 29 heavy (non-hydrogen) atoms. The lowest BCUT2D eigenvalue weighted by Gasteiger charge is -2.27. The molecular formula is C22H18ClFN2O2S. The Kier molecular flexibility index (Phi) is 5.65. The minimum absolute atomic E-state index is 0.000553. The highest BCUT2D eigenvalue weighted by atomic mass is 35.5. The van der Waals surface area contributed by atoms with E-state index in [0.29, 0.717) is 29.1 Å². The number of nitrogens with zero attached hydrogens (tertiary/aromatic N) is 1. The number of rotatable bonds is 4. The molecule has 0 radical (unpaired) electrons. The summed E-state index contributed by atoms with van der Waals surface area (Å²) in [7, 11) is 0. The molecule has 4 nitrogen and oxygen atoms in total. The van der Waals surface area contributed by atoms with Gasteiger partial charge in [-0.05, 0) is 47.9 Å². The maximum Gasteiger partial charge on any atom is 0.261 e. The predicted octanol–water partition coefficient (Wildman–Crippen LogP) is 4.67. The number of carbonyl (C=O) groups excluding carboxylic acids is 2. The van der Waals surface area contributed by atoms with Gasteiger partial charge in [-0.1, -0.05) is 35.9 Å². The second-order valence-electron chi connectivity index (χ2n) is 6.82. The van der Waals surface area contributed by atoms with E-state index in [1.807, 2.05) is 41.3 Å². The summed E-state index contributed by atoms with van der Waals surface area (Å²) in [5.74, 6) is -0.615. The highest BCUT2D eigenvalue weighted by Crippen LogP contribution is 2.29. The van der Waals surface area contributed by atoms with E-state index in [-0.39, 0.29) is 23.4 Å². The van der Waals surface area contributed by atoms with Crippen LogP contribution in [0.4, 0.5) is 4.39 Å². The lowest BCUT2D eigenvalue weighted by Crippen LogP contribution is -2.35. The smallest absolute Gasteiger partial charge is 0.261 e. The first-order chi connectivity index (χ1) is 14.0. The van der Waals surface area contributed by atoms with E-state index < -0.39 is 5.82 Å². The summed E-state index contributed by atoms with van der Waals surface area (Å²) < 4.78 is 13.1. The molecule has 3 aromatic rings. The van der Waals surface area contributed by atoms with Crippen molar-refractivity contribution in [1.29, 1.82) is 0 Å². The van der Waals surface area contributed by atoms with E-state index in [1.165, 1.54) is 23.5 Å². The third-order valence-corrected chi connectivity index (χ3v) is 6.44. The fraction of sp³-hybridized carbons (Fsp3) is 0.182. The van der Waals surface area contributed by atoms with Crippen LogP contribution in [0.2, 0.25) is 5.02 Å². The molecule has 1 aromatic heterocycles. The van der Waals surface area contributed by atoms with Gasteiger partial charge in [0.2, 0.25) is 0 Å². The lowest BCUT2D eigenvalue weighted by atomic mass is 10.1. The van der Waals surface area contributed by atoms with Crippen molar-refractivity contribution in [3.05, 3.63) is 91.9 Å². The van der Waals surface area contributed by atoms with Crippen molar-refractivity contribution >= 4 is 34.8 Å². The summed E-state index contributed by atoms with van der Waals surface area (Å²) in [6.45, 7) is 1.35. The molecule has 0 aliphatic carbocycles. The lowest BCUT2D eigenvalue weighted by molar-refractivity contribution is 0.0736. The van der Waals surface area contributed by atoms with Crippen LogP contribution in [0.5, 0.6) is 0 Å². The van der Waals surface area contributed by atoms with Crippen molar-refractivity contribution in [1.82, 2.24) is 10.2 Å². The number of carbonyl (C=O) groups is 2. The number of halogens is 2. The number of amides is 2. The summed E-state index contributed by atoms with van der Waals surface area (Å²) in [5.41, 5.74) is 2.33. The minimum Gasteiger partial charge on any atom is -0.347 e. The molecule has 0 fully saturated rings. The first-order valence-corrected chi connectivity index (χ1v) is 10.4. The first-order valence-electron chi connectivity index (χ1n) is 9.19. The zero-order valence-corrected chi connectivity index (χ0v) is 17.0. The molecule has 7 heteroatoms. The Morgan fingerprint density at radius 3 is 2.69 bits per heavy atom. The molecule has 0 atom stereocenters. The summed E-state index contributed by atoms with van der Waals surface area (Å²) in [6, 6.07) is 15.2. The summed E-state index contributed by atoms with van der Waals surface area (Å²) in [5, 5.41) is 3.11. The van der Waals surface area contributed by atoms with Crippen molar-refractivity contribution in [3.8, 4) is 0 Å². The van der Waals surface area contributed by atoms with E-state index in [9.17, 15) is 14.0 Å². The SMILES string of the molecule is O=C(NCc1ccc(F)cc1Cl)c1cc2c(s1)CCN(C(=O)c1ccccc1)C2. The molecule has 1 N–H and O–H groups in total. The van der Waals surface area contributed by atoms with Gasteiger partial charge < -0.3 is 10.2 Å². The number of benzene rings is 2. The number of nitrogens with one attached hydrogen (secondary N) is 1. The van der Waals surface area contributed by atoms with Gasteiger partial charge in [0.05, 0.1) is 4.88 Å². The van der Waals surface area contributed by atoms with E-state index in [2.05, 4.69) is 5.32 Å². The Hall–Kier alpha value is -2.70. The van der Waals surface area contributed by atoms with Crippen LogP contribution in [-0.2, 0) is 19.5 Å². The summed E-state index contributed by atoms with van der Waals surface area (Å²) in [6.07, 6.45) is 0.732. The molecule has 0 saturated carbocycles. The molecule has 4 rings (SSSR count). The van der Waals surface area contributed by atoms with Gasteiger partial charge in [-0.3, -0.25) is 9.59 Å². The molecule has 148 valence electrons. The molecule has 2 heterocycles. The number of hydrogen-bond donors (Lipinski definition) is 1. The van der Waals surface area contributed by atoms with Crippen LogP contribution in [0, 0.1) is 5.82 Å². The second-order valence-corrected chi connectivity index (χ2v) is 8.36. The zero-order valence-electron chi connectivity index (χ0n) is 15.5. The van der Waals surface area contributed by atoms with Gasteiger partial charge in [0.1, 0.15) is 5.82 Å². The van der Waals surface area contributed by atoms with Crippen LogP contribution in [0.25, 0.3) is 0 Å². The third-order valence-electron chi connectivity index (χ3n) is 4.85. The predicted molar refractivity (Wildman–Crippen MR) is 112 cm³/mol. The van der Waals surface area contributed by atoms with Crippen LogP contribution < -0.4 is 5.32 Å². The quantitative estimate of drug-likeness (QED) is 0.656. The topological polar surface area (TPSA) is 49.4 Å². The molecule has 2 amide bonds. The highest BCUT2D eigenvalue weighted by molar-refractivity contribution is 7.14. The molecule has 0 unspecified atom stereocenters. The number of hydrogen-bond acceptors (Lipinski definition) is 3. The van der Waals surface area contributed by atoms with E-state index in [4.69, 9.17) is 11.6 Å². The van der Waals surface area contributed by atoms with Gasteiger partial charge in [-0.25, -0.2) is 4.39 Å². The molecule has 1 aliphatic heterocycles. The van der Waals surface area contributed by atoms with Gasteiger partial charge in [-0.15, -0.1) is 11.3 Å². The highest BCUT2D eigenvalue weighted by Gasteiger charge is 2.25. The van der Waals surface area contributed by atoms with Gasteiger partial charge in [0.15, 0.2) is 0 Å². The molecule has 0 saturated heterocycles. The molecule has 1 aliphatic rings. The van der Waals surface area contributed by atoms with Crippen molar-refractivity contribution < 1.29 is 14.0 Å². The Labute approximate surface area is 176 Å². The summed E-state index contributed by atoms with van der Waals surface area (Å²) >= 11 is 7.46. The van der Waals surface area contributed by atoms with Crippen molar-refractivity contribution in [3.63, 3.8) is 0 Å². The monoisotopic (exact) mass is 428 g/mol. The second kappa shape index (κ2) is 8.35. The van der Waals surface area contributed by atoms with Crippen molar-refractivity contribution in [2.75, 3.05) is 6.54 Å². The average Bonchev–Trinajstić information content (AvgIpc) is 3.16. The third kappa shape index (κ3) is 4.33. The normalized spacial score (nSPS) is 13.1. The van der Waals surface area contributed by atoms with E-state index in [0.717, 1.165) is 16.9 Å². The van der Waals surface area contributed by atoms with E-state index >= 15 is 0 Å². The number of fused-ring (bicyclic) bond motifs is 1. The first kappa shape index (κ1) is 19.6. The standard InChI is InChI=1S/C22H18ClFN2O2S/c23-18-11-17(24)7-6-15(18)12-25-21(27)20-10-16-13-26(9-8-19(16)29-20)22(28)14-4-2-1-3-5-14/h1-7,10-11H,8-9,12-13H2,(H,25,27). The Morgan fingerprint density at radius 2 is 1.93 bits per heavy atom. The van der Waals surface area contributed by atoms with Crippen LogP contribution in [0.3, 0.4) is 0 Å². The fourth-order valence-electron chi connectivity index (χ4n) is 3.31. The van der Waals surface area contributed by atoms with Crippen molar-refractivity contribution in [2.45, 2.75) is 19.5 Å². The van der Waals surface area contributed by atoms with Gasteiger partial charge in [-0.2, -0.15) is 0 Å². The Bertz CT molecular complexity index is 1070. The Morgan fingerprint density at radius 1 is 1.14 bits per heavy atom. The van der Waals surface area contributed by atoms with Gasteiger partial charge in [0.25, 0.3) is 11.8 Å². The van der Waals surface area contributed by atoms with Crippen LogP contribution in [0.1, 0.15) is 36.0 Å². The average molecular weight is 429 g/mol. The number of thiophene rings is 1. The van der Waals surface area contributed by atoms with E-state index in [1.54, 1.807) is 6.07 Å². The molecular weight excluding hydrogens is 411 g/mol. The maximum atomic E-state index is 13.1. The molecule has 0 bridgehead atoms. The Balaban J connectivity index is 1.42. The fourth-order valence-corrected chi connectivity index (χ4v) is 4.62. The van der Waals surface area contributed by atoms with Crippen LogP contribution in [-0.4, -0.2) is 23.3 Å². The van der Waals surface area contributed by atoms with Crippen LogP contribution in [0.15, 0.2) is 54.6 Å². The van der Waals surface area contributed by atoms with Crippen LogP contribution >= 0.6 is 22.9 Å². The van der Waals surface area contributed by atoms with Gasteiger partial charge >= 0.3 is 0 Å². The largest absolute Gasteiger partial charge is 0.347 e. The zero-order chi connectivity index (χ0) is 20.4.